The molecular formula is C14H14O3S. The molecular weight excluding hydrogens is 248 g/mol. The highest BCUT2D eigenvalue weighted by atomic mass is 32.2. The van der Waals surface area contributed by atoms with Crippen molar-refractivity contribution in [2.75, 3.05) is 12.9 Å². The number of benzene rings is 1. The molecule has 0 aliphatic carbocycles. The number of rotatable bonds is 3. The lowest BCUT2D eigenvalue weighted by molar-refractivity contribution is -0.109. The Hall–Kier alpha value is -1.73. The molecule has 0 aliphatic rings. The van der Waals surface area contributed by atoms with Gasteiger partial charge in [0.1, 0.15) is 0 Å². The number of carbonyl (C=O) groups is 2. The van der Waals surface area contributed by atoms with E-state index >= 15 is 0 Å². The molecule has 1 aromatic rings. The smallest absolute Gasteiger partial charge is 0.337 e. The van der Waals surface area contributed by atoms with Crippen molar-refractivity contribution in [1.29, 1.82) is 0 Å². The minimum atomic E-state index is -0.354. The van der Waals surface area contributed by atoms with Crippen LogP contribution in [0.3, 0.4) is 0 Å². The van der Waals surface area contributed by atoms with Crippen molar-refractivity contribution < 1.29 is 14.3 Å². The normalized spacial score (nSPS) is 9.22. The molecule has 0 spiro atoms. The van der Waals surface area contributed by atoms with Crippen LogP contribution in [0.15, 0.2) is 24.3 Å². The van der Waals surface area contributed by atoms with Crippen LogP contribution < -0.4 is 0 Å². The van der Waals surface area contributed by atoms with E-state index in [0.29, 0.717) is 17.7 Å². The molecule has 4 heteroatoms. The monoisotopic (exact) mass is 262 g/mol. The highest BCUT2D eigenvalue weighted by Crippen LogP contribution is 2.05. The van der Waals surface area contributed by atoms with E-state index in [2.05, 4.69) is 16.6 Å². The summed E-state index contributed by atoms with van der Waals surface area (Å²) in [4.78, 5) is 21.9. The quantitative estimate of drug-likeness (QED) is 0.477. The van der Waals surface area contributed by atoms with Crippen LogP contribution in [0.4, 0.5) is 0 Å². The zero-order valence-corrected chi connectivity index (χ0v) is 11.2. The van der Waals surface area contributed by atoms with Gasteiger partial charge in [0.2, 0.25) is 0 Å². The van der Waals surface area contributed by atoms with Gasteiger partial charge in [-0.15, -0.1) is 0 Å². The first-order valence-electron chi connectivity index (χ1n) is 5.44. The fourth-order valence-corrected chi connectivity index (χ4v) is 1.71. The van der Waals surface area contributed by atoms with Crippen LogP contribution in [0.1, 0.15) is 29.3 Å². The SMILES string of the molecule is COC(=O)c1ccc(C#CCCSC(C)=O)cc1. The van der Waals surface area contributed by atoms with Gasteiger partial charge < -0.3 is 4.74 Å². The minimum absolute atomic E-state index is 0.110. The summed E-state index contributed by atoms with van der Waals surface area (Å²) >= 11 is 1.27. The average molecular weight is 262 g/mol. The van der Waals surface area contributed by atoms with Crippen LogP contribution in [0.5, 0.6) is 0 Å². The zero-order chi connectivity index (χ0) is 13.4. The lowest BCUT2D eigenvalue weighted by Gasteiger charge is -1.98. The zero-order valence-electron chi connectivity index (χ0n) is 10.4. The number of methoxy groups -OCH3 is 1. The Morgan fingerprint density at radius 1 is 1.28 bits per heavy atom. The maximum absolute atomic E-state index is 11.2. The van der Waals surface area contributed by atoms with E-state index in [1.807, 2.05) is 0 Å². The second kappa shape index (κ2) is 7.57. The van der Waals surface area contributed by atoms with Crippen LogP contribution in [-0.4, -0.2) is 23.9 Å². The summed E-state index contributed by atoms with van der Waals surface area (Å²) in [6, 6.07) is 6.91. The third kappa shape index (κ3) is 5.07. The summed E-state index contributed by atoms with van der Waals surface area (Å²) in [5, 5.41) is 0.110. The van der Waals surface area contributed by atoms with Gasteiger partial charge in [-0.1, -0.05) is 23.6 Å². The molecule has 3 nitrogen and oxygen atoms in total. The molecule has 0 aliphatic heterocycles. The van der Waals surface area contributed by atoms with E-state index < -0.39 is 0 Å². The summed E-state index contributed by atoms with van der Waals surface area (Å²) < 4.78 is 4.60. The first-order valence-corrected chi connectivity index (χ1v) is 6.42. The van der Waals surface area contributed by atoms with Crippen molar-refractivity contribution in [2.45, 2.75) is 13.3 Å². The van der Waals surface area contributed by atoms with Crippen LogP contribution >= 0.6 is 11.8 Å². The fraction of sp³-hybridized carbons (Fsp3) is 0.286. The number of thioether (sulfide) groups is 1. The predicted molar refractivity (Wildman–Crippen MR) is 72.4 cm³/mol. The summed E-state index contributed by atoms with van der Waals surface area (Å²) in [7, 11) is 1.35. The summed E-state index contributed by atoms with van der Waals surface area (Å²) in [6.45, 7) is 1.55. The number of hydrogen-bond acceptors (Lipinski definition) is 4. The highest BCUT2D eigenvalue weighted by molar-refractivity contribution is 8.13. The summed E-state index contributed by atoms with van der Waals surface area (Å²) in [5.74, 6) is 6.31. The second-order valence-corrected chi connectivity index (χ2v) is 4.73. The molecule has 1 aromatic carbocycles. The number of ether oxygens (including phenoxy) is 1. The van der Waals surface area contributed by atoms with E-state index in [4.69, 9.17) is 0 Å². The Kier molecular flexibility index (Phi) is 6.03. The number of esters is 1. The standard InChI is InChI=1S/C14H14O3S/c1-11(15)18-10-4-3-5-12-6-8-13(9-7-12)14(16)17-2/h6-9H,4,10H2,1-2H3. The maximum Gasteiger partial charge on any atom is 0.337 e. The van der Waals surface area contributed by atoms with Gasteiger partial charge in [-0.3, -0.25) is 4.79 Å². The van der Waals surface area contributed by atoms with Crippen LogP contribution in [0, 0.1) is 11.8 Å². The van der Waals surface area contributed by atoms with Gasteiger partial charge in [0.05, 0.1) is 12.7 Å². The van der Waals surface area contributed by atoms with Gasteiger partial charge in [0.15, 0.2) is 5.12 Å². The lowest BCUT2D eigenvalue weighted by Crippen LogP contribution is -2.00. The van der Waals surface area contributed by atoms with E-state index in [1.165, 1.54) is 18.9 Å². The summed E-state index contributed by atoms with van der Waals surface area (Å²) in [6.07, 6.45) is 0.670. The van der Waals surface area contributed by atoms with Crippen molar-refractivity contribution in [2.24, 2.45) is 0 Å². The van der Waals surface area contributed by atoms with Gasteiger partial charge in [0.25, 0.3) is 0 Å². The van der Waals surface area contributed by atoms with E-state index in [1.54, 1.807) is 31.2 Å². The highest BCUT2D eigenvalue weighted by Gasteiger charge is 2.02. The first kappa shape index (κ1) is 14.3. The Morgan fingerprint density at radius 3 is 2.50 bits per heavy atom. The molecule has 0 radical (unpaired) electrons. The Morgan fingerprint density at radius 2 is 1.94 bits per heavy atom. The van der Waals surface area contributed by atoms with Gasteiger partial charge in [-0.25, -0.2) is 4.79 Å². The Bertz CT molecular complexity index is 480. The van der Waals surface area contributed by atoms with Gasteiger partial charge in [-0.2, -0.15) is 0 Å². The molecule has 1 rings (SSSR count). The molecule has 0 N–H and O–H groups in total. The number of hydrogen-bond donors (Lipinski definition) is 0. The van der Waals surface area contributed by atoms with Crippen LogP contribution in [0.2, 0.25) is 0 Å². The summed E-state index contributed by atoms with van der Waals surface area (Å²) in [5.41, 5.74) is 1.35. The minimum Gasteiger partial charge on any atom is -0.465 e. The largest absolute Gasteiger partial charge is 0.465 e. The van der Waals surface area contributed by atoms with E-state index in [0.717, 1.165) is 5.56 Å². The Balaban J connectivity index is 2.51. The van der Waals surface area contributed by atoms with E-state index in [9.17, 15) is 9.59 Å². The van der Waals surface area contributed by atoms with Gasteiger partial charge >= 0.3 is 5.97 Å². The molecule has 0 fully saturated rings. The molecule has 0 aromatic heterocycles. The molecule has 0 atom stereocenters. The second-order valence-electron chi connectivity index (χ2n) is 3.46. The van der Waals surface area contributed by atoms with E-state index in [-0.39, 0.29) is 11.1 Å². The molecule has 18 heavy (non-hydrogen) atoms. The topological polar surface area (TPSA) is 43.4 Å². The molecule has 0 saturated heterocycles. The Labute approximate surface area is 111 Å². The predicted octanol–water partition coefficient (Wildman–Crippen LogP) is 2.49. The molecule has 0 bridgehead atoms. The first-order chi connectivity index (χ1) is 8.63. The number of carbonyl (C=O) groups excluding carboxylic acids is 2. The molecule has 0 heterocycles. The van der Waals surface area contributed by atoms with Crippen LogP contribution in [0.25, 0.3) is 0 Å². The molecule has 0 unspecified atom stereocenters. The molecule has 94 valence electrons. The average Bonchev–Trinajstić information content (AvgIpc) is 2.38. The maximum atomic E-state index is 11.2. The van der Waals surface area contributed by atoms with Gasteiger partial charge in [-0.05, 0) is 24.3 Å². The van der Waals surface area contributed by atoms with Gasteiger partial charge in [0, 0.05) is 24.7 Å². The molecule has 0 amide bonds. The lowest BCUT2D eigenvalue weighted by atomic mass is 10.1. The van der Waals surface area contributed by atoms with Crippen molar-refractivity contribution >= 4 is 22.8 Å². The third-order valence-corrected chi connectivity index (χ3v) is 2.89. The van der Waals surface area contributed by atoms with Crippen molar-refractivity contribution in [3.63, 3.8) is 0 Å². The van der Waals surface area contributed by atoms with Crippen molar-refractivity contribution in [3.05, 3.63) is 35.4 Å². The van der Waals surface area contributed by atoms with Crippen molar-refractivity contribution in [3.8, 4) is 11.8 Å². The van der Waals surface area contributed by atoms with Crippen molar-refractivity contribution in [1.82, 2.24) is 0 Å². The third-order valence-electron chi connectivity index (χ3n) is 2.07. The van der Waals surface area contributed by atoms with Crippen LogP contribution in [-0.2, 0) is 9.53 Å². The molecule has 0 saturated carbocycles. The fourth-order valence-electron chi connectivity index (χ4n) is 1.22.